The van der Waals surface area contributed by atoms with Crippen molar-refractivity contribution in [3.63, 3.8) is 0 Å². The summed E-state index contributed by atoms with van der Waals surface area (Å²) >= 11 is 0. The maximum Gasteiger partial charge on any atom is 0.324 e. The van der Waals surface area contributed by atoms with Crippen molar-refractivity contribution in [1.82, 2.24) is 14.9 Å². The fourth-order valence-electron chi connectivity index (χ4n) is 2.84. The summed E-state index contributed by atoms with van der Waals surface area (Å²) < 4.78 is 48.5. The van der Waals surface area contributed by atoms with Crippen molar-refractivity contribution in [3.05, 3.63) is 54.4 Å². The number of carbonyl (C=O) groups excluding carboxylic acids is 1. The van der Waals surface area contributed by atoms with Gasteiger partial charge in [0.15, 0.2) is 6.61 Å². The molecule has 0 aliphatic rings. The Labute approximate surface area is 191 Å². The first-order valence-corrected chi connectivity index (χ1v) is 11.5. The van der Waals surface area contributed by atoms with Crippen molar-refractivity contribution in [1.29, 1.82) is 0 Å². The third-order valence-corrected chi connectivity index (χ3v) is 6.18. The molecular formula is C22H25N3O7S. The molecule has 0 unspecified atom stereocenters. The van der Waals surface area contributed by atoms with E-state index in [0.29, 0.717) is 17.1 Å². The molecule has 1 atom stereocenters. The van der Waals surface area contributed by atoms with E-state index in [2.05, 4.69) is 14.9 Å². The number of carbonyl (C=O) groups is 1. The number of rotatable bonds is 10. The second kappa shape index (κ2) is 10.5. The van der Waals surface area contributed by atoms with Crippen LogP contribution in [0.4, 0.5) is 0 Å². The molecule has 1 N–H and O–H groups in total. The molecule has 1 heterocycles. The Morgan fingerprint density at radius 1 is 1.00 bits per heavy atom. The van der Waals surface area contributed by atoms with E-state index in [4.69, 9.17) is 18.7 Å². The predicted molar refractivity (Wildman–Crippen MR) is 118 cm³/mol. The maximum absolute atomic E-state index is 12.7. The number of methoxy groups -OCH3 is 2. The predicted octanol–water partition coefficient (Wildman–Crippen LogP) is 2.80. The monoisotopic (exact) mass is 475 g/mol. The Hall–Kier alpha value is -3.44. The molecular weight excluding hydrogens is 450 g/mol. The molecule has 0 saturated heterocycles. The van der Waals surface area contributed by atoms with Crippen LogP contribution < -0.4 is 14.2 Å². The number of ether oxygens (including phenoxy) is 3. The number of hydrogen-bond donors (Lipinski definition) is 1. The van der Waals surface area contributed by atoms with Gasteiger partial charge in [-0.3, -0.25) is 4.79 Å². The van der Waals surface area contributed by atoms with Crippen LogP contribution >= 0.6 is 0 Å². The summed E-state index contributed by atoms with van der Waals surface area (Å²) in [5.74, 6) is 0.481. The lowest BCUT2D eigenvalue weighted by Gasteiger charge is -2.20. The summed E-state index contributed by atoms with van der Waals surface area (Å²) in [6, 6.07) is 11.7. The van der Waals surface area contributed by atoms with Crippen LogP contribution in [0.3, 0.4) is 0 Å². The van der Waals surface area contributed by atoms with Gasteiger partial charge in [0.05, 0.1) is 19.1 Å². The molecule has 33 heavy (non-hydrogen) atoms. The molecule has 0 fully saturated rings. The highest BCUT2D eigenvalue weighted by atomic mass is 32.2. The number of nitrogens with one attached hydrogen (secondary N) is 1. The minimum Gasteiger partial charge on any atom is -0.497 e. The van der Waals surface area contributed by atoms with Gasteiger partial charge < -0.3 is 18.7 Å². The number of aromatic nitrogens is 2. The van der Waals surface area contributed by atoms with Gasteiger partial charge in [0.25, 0.3) is 5.89 Å². The van der Waals surface area contributed by atoms with Crippen LogP contribution in [0.5, 0.6) is 11.5 Å². The molecule has 0 amide bonds. The van der Waals surface area contributed by atoms with Crippen LogP contribution in [0.25, 0.3) is 11.5 Å². The molecule has 3 aromatic rings. The normalized spacial score (nSPS) is 12.4. The minimum atomic E-state index is -3.96. The SMILES string of the molecule is COc1ccc(-c2nc(COC(=O)[C@@H](NS(=O)(=O)c3ccc(OC)cc3)C(C)C)no2)cc1. The summed E-state index contributed by atoms with van der Waals surface area (Å²) in [4.78, 5) is 16.9. The minimum absolute atomic E-state index is 0.00375. The van der Waals surface area contributed by atoms with Gasteiger partial charge in [-0.25, -0.2) is 8.42 Å². The van der Waals surface area contributed by atoms with E-state index in [1.807, 2.05) is 0 Å². The first-order valence-electron chi connectivity index (χ1n) is 10.0. The van der Waals surface area contributed by atoms with Gasteiger partial charge in [-0.1, -0.05) is 19.0 Å². The Bertz CT molecular complexity index is 1170. The zero-order valence-electron chi connectivity index (χ0n) is 18.6. The summed E-state index contributed by atoms with van der Waals surface area (Å²) in [6.07, 6.45) is 0. The second-order valence-corrected chi connectivity index (χ2v) is 9.08. The first-order chi connectivity index (χ1) is 15.7. The smallest absolute Gasteiger partial charge is 0.324 e. The largest absolute Gasteiger partial charge is 0.497 e. The molecule has 0 spiro atoms. The van der Waals surface area contributed by atoms with Gasteiger partial charge in [-0.15, -0.1) is 0 Å². The number of benzene rings is 2. The summed E-state index contributed by atoms with van der Waals surface area (Å²) in [7, 11) is -0.914. The highest BCUT2D eigenvalue weighted by molar-refractivity contribution is 7.89. The third-order valence-electron chi connectivity index (χ3n) is 4.72. The lowest BCUT2D eigenvalue weighted by Crippen LogP contribution is -2.45. The standard InChI is InChI=1S/C22H25N3O7S/c1-14(2)20(25-33(27,28)18-11-9-17(30-4)10-12-18)22(26)31-13-19-23-21(32-24-19)15-5-7-16(29-3)8-6-15/h5-12,14,20,25H,13H2,1-4H3/t20-/m0/s1. The Morgan fingerprint density at radius 2 is 1.58 bits per heavy atom. The zero-order valence-corrected chi connectivity index (χ0v) is 19.5. The van der Waals surface area contributed by atoms with Crippen LogP contribution in [0.2, 0.25) is 0 Å². The van der Waals surface area contributed by atoms with Gasteiger partial charge in [-0.05, 0) is 54.4 Å². The lowest BCUT2D eigenvalue weighted by atomic mass is 10.1. The lowest BCUT2D eigenvalue weighted by molar-refractivity contribution is -0.148. The van der Waals surface area contributed by atoms with Crippen molar-refractivity contribution in [3.8, 4) is 23.0 Å². The van der Waals surface area contributed by atoms with Crippen molar-refractivity contribution >= 4 is 16.0 Å². The molecule has 0 aliphatic heterocycles. The topological polar surface area (TPSA) is 130 Å². The molecule has 3 rings (SSSR count). The van der Waals surface area contributed by atoms with E-state index >= 15 is 0 Å². The van der Waals surface area contributed by atoms with Crippen molar-refractivity contribution in [2.75, 3.05) is 14.2 Å². The third kappa shape index (κ3) is 6.08. The van der Waals surface area contributed by atoms with Crippen LogP contribution in [0, 0.1) is 5.92 Å². The highest BCUT2D eigenvalue weighted by Crippen LogP contribution is 2.21. The average molecular weight is 476 g/mol. The molecule has 11 heteroatoms. The van der Waals surface area contributed by atoms with Crippen molar-refractivity contribution < 1.29 is 31.9 Å². The van der Waals surface area contributed by atoms with Crippen LogP contribution in [-0.4, -0.2) is 44.8 Å². The molecule has 0 radical (unpaired) electrons. The summed E-state index contributed by atoms with van der Waals surface area (Å²) in [5, 5.41) is 3.80. The molecule has 0 aliphatic carbocycles. The van der Waals surface area contributed by atoms with Crippen molar-refractivity contribution in [2.24, 2.45) is 5.92 Å². The summed E-state index contributed by atoms with van der Waals surface area (Å²) in [6.45, 7) is 3.14. The maximum atomic E-state index is 12.7. The Morgan fingerprint density at radius 3 is 2.12 bits per heavy atom. The summed E-state index contributed by atoms with van der Waals surface area (Å²) in [5.41, 5.74) is 0.674. The van der Waals surface area contributed by atoms with Gasteiger partial charge in [-0.2, -0.15) is 9.71 Å². The quantitative estimate of drug-likeness (QED) is 0.440. The Balaban J connectivity index is 1.65. The molecule has 0 saturated carbocycles. The van der Waals surface area contributed by atoms with Crippen molar-refractivity contribution in [2.45, 2.75) is 31.4 Å². The van der Waals surface area contributed by atoms with E-state index in [1.54, 1.807) is 45.2 Å². The number of hydrogen-bond acceptors (Lipinski definition) is 9. The molecule has 10 nitrogen and oxygen atoms in total. The van der Waals surface area contributed by atoms with Crippen LogP contribution in [0.1, 0.15) is 19.7 Å². The van der Waals surface area contributed by atoms with Gasteiger partial charge >= 0.3 is 5.97 Å². The van der Waals surface area contributed by atoms with Crippen LogP contribution in [-0.2, 0) is 26.2 Å². The molecule has 176 valence electrons. The Kier molecular flexibility index (Phi) is 7.67. The van der Waals surface area contributed by atoms with E-state index in [1.165, 1.54) is 31.4 Å². The fourth-order valence-corrected chi connectivity index (χ4v) is 4.17. The van der Waals surface area contributed by atoms with Gasteiger partial charge in [0.1, 0.15) is 17.5 Å². The zero-order chi connectivity index (χ0) is 24.0. The van der Waals surface area contributed by atoms with E-state index < -0.39 is 22.0 Å². The van der Waals surface area contributed by atoms with Gasteiger partial charge in [0.2, 0.25) is 15.8 Å². The number of nitrogens with zero attached hydrogens (tertiary/aromatic N) is 2. The highest BCUT2D eigenvalue weighted by Gasteiger charge is 2.30. The van der Waals surface area contributed by atoms with E-state index in [-0.39, 0.29) is 29.1 Å². The van der Waals surface area contributed by atoms with E-state index in [0.717, 1.165) is 0 Å². The average Bonchev–Trinajstić information content (AvgIpc) is 3.30. The van der Waals surface area contributed by atoms with E-state index in [9.17, 15) is 13.2 Å². The fraction of sp³-hybridized carbons (Fsp3) is 0.318. The number of esters is 1. The second-order valence-electron chi connectivity index (χ2n) is 7.37. The number of sulfonamides is 1. The molecule has 0 bridgehead atoms. The molecule has 2 aromatic carbocycles. The molecule has 1 aromatic heterocycles. The first kappa shape index (κ1) is 24.2. The van der Waals surface area contributed by atoms with Crippen LogP contribution in [0.15, 0.2) is 57.9 Å². The van der Waals surface area contributed by atoms with Gasteiger partial charge in [0, 0.05) is 5.56 Å².